The Morgan fingerprint density at radius 1 is 1.05 bits per heavy atom. The van der Waals surface area contributed by atoms with Gasteiger partial charge in [-0.1, -0.05) is 0 Å². The predicted molar refractivity (Wildman–Crippen MR) is 73.4 cm³/mol. The number of nitrogens with two attached hydrogens (primary N) is 1. The molecule has 0 saturated heterocycles. The molecule has 0 aliphatic carbocycles. The summed E-state index contributed by atoms with van der Waals surface area (Å²) in [6.45, 7) is 1.92. The van der Waals surface area contributed by atoms with Crippen LogP contribution in [0.2, 0.25) is 0 Å². The van der Waals surface area contributed by atoms with Gasteiger partial charge in [0.2, 0.25) is 0 Å². The SMILES string of the molecule is COc1cc(C#N)ccc1Oc1ccc(N)cc1C. The van der Waals surface area contributed by atoms with E-state index in [1.54, 1.807) is 31.4 Å². The van der Waals surface area contributed by atoms with Crippen LogP contribution in [0.1, 0.15) is 11.1 Å². The van der Waals surface area contributed by atoms with E-state index in [0.717, 1.165) is 5.56 Å². The van der Waals surface area contributed by atoms with Gasteiger partial charge >= 0.3 is 0 Å². The van der Waals surface area contributed by atoms with Crippen LogP contribution >= 0.6 is 0 Å². The van der Waals surface area contributed by atoms with Crippen molar-refractivity contribution in [1.29, 1.82) is 5.26 Å². The summed E-state index contributed by atoms with van der Waals surface area (Å²) >= 11 is 0. The van der Waals surface area contributed by atoms with Crippen molar-refractivity contribution in [3.05, 3.63) is 47.5 Å². The Morgan fingerprint density at radius 2 is 1.79 bits per heavy atom. The molecule has 0 bridgehead atoms. The molecule has 0 heterocycles. The number of nitrogens with zero attached hydrogens (tertiary/aromatic N) is 1. The third kappa shape index (κ3) is 2.78. The van der Waals surface area contributed by atoms with Gasteiger partial charge in [-0.15, -0.1) is 0 Å². The lowest BCUT2D eigenvalue weighted by Crippen LogP contribution is -1.94. The molecular weight excluding hydrogens is 240 g/mol. The second-order valence-corrected chi connectivity index (χ2v) is 4.10. The average molecular weight is 254 g/mol. The van der Waals surface area contributed by atoms with Gasteiger partial charge in [0.05, 0.1) is 18.7 Å². The van der Waals surface area contributed by atoms with Crippen LogP contribution < -0.4 is 15.2 Å². The highest BCUT2D eigenvalue weighted by molar-refractivity contribution is 5.52. The van der Waals surface area contributed by atoms with Gasteiger partial charge < -0.3 is 15.2 Å². The molecule has 2 rings (SSSR count). The quantitative estimate of drug-likeness (QED) is 0.854. The van der Waals surface area contributed by atoms with Crippen molar-refractivity contribution in [1.82, 2.24) is 0 Å². The van der Waals surface area contributed by atoms with Gasteiger partial charge in [0.1, 0.15) is 5.75 Å². The van der Waals surface area contributed by atoms with Gasteiger partial charge in [-0.2, -0.15) is 5.26 Å². The molecule has 0 aromatic heterocycles. The molecule has 0 aliphatic rings. The second-order valence-electron chi connectivity index (χ2n) is 4.10. The van der Waals surface area contributed by atoms with Crippen LogP contribution in [-0.2, 0) is 0 Å². The zero-order valence-corrected chi connectivity index (χ0v) is 10.8. The van der Waals surface area contributed by atoms with E-state index in [1.807, 2.05) is 19.1 Å². The fourth-order valence-corrected chi connectivity index (χ4v) is 1.73. The number of benzene rings is 2. The molecule has 0 saturated carbocycles. The molecule has 0 amide bonds. The first-order chi connectivity index (χ1) is 9.13. The number of anilines is 1. The third-order valence-electron chi connectivity index (χ3n) is 2.71. The van der Waals surface area contributed by atoms with Gasteiger partial charge in [-0.3, -0.25) is 0 Å². The van der Waals surface area contributed by atoms with Gasteiger partial charge in [-0.25, -0.2) is 0 Å². The monoisotopic (exact) mass is 254 g/mol. The number of aryl methyl sites for hydroxylation is 1. The van der Waals surface area contributed by atoms with Crippen LogP contribution in [0.4, 0.5) is 5.69 Å². The van der Waals surface area contributed by atoms with Crippen LogP contribution in [0, 0.1) is 18.3 Å². The Balaban J connectivity index is 2.35. The van der Waals surface area contributed by atoms with E-state index in [9.17, 15) is 0 Å². The molecule has 4 heteroatoms. The minimum absolute atomic E-state index is 0.523. The predicted octanol–water partition coefficient (Wildman–Crippen LogP) is 3.25. The van der Waals surface area contributed by atoms with Crippen molar-refractivity contribution in [2.45, 2.75) is 6.92 Å². The van der Waals surface area contributed by atoms with Gasteiger partial charge in [0, 0.05) is 11.8 Å². The fourth-order valence-electron chi connectivity index (χ4n) is 1.73. The molecule has 0 atom stereocenters. The van der Waals surface area contributed by atoms with Crippen molar-refractivity contribution in [3.63, 3.8) is 0 Å². The topological polar surface area (TPSA) is 68.3 Å². The van der Waals surface area contributed by atoms with Crippen LogP contribution in [0.15, 0.2) is 36.4 Å². The second kappa shape index (κ2) is 5.32. The summed E-state index contributed by atoms with van der Waals surface area (Å²) in [7, 11) is 1.54. The van der Waals surface area contributed by atoms with Crippen molar-refractivity contribution in [2.24, 2.45) is 0 Å². The van der Waals surface area contributed by atoms with Crippen LogP contribution in [0.3, 0.4) is 0 Å². The Morgan fingerprint density at radius 3 is 2.42 bits per heavy atom. The molecule has 0 unspecified atom stereocenters. The number of rotatable bonds is 3. The van der Waals surface area contributed by atoms with Gasteiger partial charge in [0.15, 0.2) is 11.5 Å². The minimum Gasteiger partial charge on any atom is -0.493 e. The molecule has 2 N–H and O–H groups in total. The molecule has 0 spiro atoms. The summed E-state index contributed by atoms with van der Waals surface area (Å²) in [6, 6.07) is 12.5. The van der Waals surface area contributed by atoms with E-state index < -0.39 is 0 Å². The Hall–Kier alpha value is -2.67. The summed E-state index contributed by atoms with van der Waals surface area (Å²) < 4.78 is 11.0. The molecule has 0 fully saturated rings. The maximum atomic E-state index is 8.85. The highest BCUT2D eigenvalue weighted by Gasteiger charge is 2.08. The Kier molecular flexibility index (Phi) is 3.58. The molecule has 96 valence electrons. The van der Waals surface area contributed by atoms with Crippen molar-refractivity contribution >= 4 is 5.69 Å². The molecular formula is C15H14N2O2. The van der Waals surface area contributed by atoms with E-state index in [0.29, 0.717) is 28.5 Å². The van der Waals surface area contributed by atoms with Gasteiger partial charge in [-0.05, 0) is 42.8 Å². The first kappa shape index (κ1) is 12.8. The molecule has 0 radical (unpaired) electrons. The first-order valence-corrected chi connectivity index (χ1v) is 5.76. The van der Waals surface area contributed by atoms with Crippen LogP contribution in [0.5, 0.6) is 17.2 Å². The van der Waals surface area contributed by atoms with E-state index >= 15 is 0 Å². The number of nitrogen functional groups attached to an aromatic ring is 1. The number of hydrogen-bond acceptors (Lipinski definition) is 4. The van der Waals surface area contributed by atoms with Crippen molar-refractivity contribution in [2.75, 3.05) is 12.8 Å². The lowest BCUT2D eigenvalue weighted by molar-refractivity contribution is 0.378. The number of ether oxygens (including phenoxy) is 2. The normalized spacial score (nSPS) is 9.74. The lowest BCUT2D eigenvalue weighted by Gasteiger charge is -2.12. The summed E-state index contributed by atoms with van der Waals surface area (Å²) in [5.74, 6) is 1.79. The average Bonchev–Trinajstić information content (AvgIpc) is 2.42. The summed E-state index contributed by atoms with van der Waals surface area (Å²) in [4.78, 5) is 0. The van der Waals surface area contributed by atoms with Crippen LogP contribution in [-0.4, -0.2) is 7.11 Å². The zero-order chi connectivity index (χ0) is 13.8. The number of hydrogen-bond donors (Lipinski definition) is 1. The lowest BCUT2D eigenvalue weighted by atomic mass is 10.2. The zero-order valence-electron chi connectivity index (χ0n) is 10.8. The van der Waals surface area contributed by atoms with E-state index in [2.05, 4.69) is 6.07 Å². The molecule has 19 heavy (non-hydrogen) atoms. The Bertz CT molecular complexity index is 645. The third-order valence-corrected chi connectivity index (χ3v) is 2.71. The number of methoxy groups -OCH3 is 1. The summed E-state index contributed by atoms with van der Waals surface area (Å²) in [5, 5.41) is 8.85. The maximum Gasteiger partial charge on any atom is 0.169 e. The molecule has 0 aliphatic heterocycles. The molecule has 4 nitrogen and oxygen atoms in total. The van der Waals surface area contributed by atoms with Crippen LogP contribution in [0.25, 0.3) is 0 Å². The van der Waals surface area contributed by atoms with Crippen molar-refractivity contribution < 1.29 is 9.47 Å². The summed E-state index contributed by atoms with van der Waals surface area (Å²) in [5.41, 5.74) is 7.85. The smallest absolute Gasteiger partial charge is 0.169 e. The Labute approximate surface area is 112 Å². The largest absolute Gasteiger partial charge is 0.493 e. The van der Waals surface area contributed by atoms with Gasteiger partial charge in [0.25, 0.3) is 0 Å². The maximum absolute atomic E-state index is 8.85. The fraction of sp³-hybridized carbons (Fsp3) is 0.133. The van der Waals surface area contributed by atoms with E-state index in [4.69, 9.17) is 20.5 Å². The molecule has 2 aromatic carbocycles. The van der Waals surface area contributed by atoms with E-state index in [-0.39, 0.29) is 0 Å². The minimum atomic E-state index is 0.523. The van der Waals surface area contributed by atoms with E-state index in [1.165, 1.54) is 0 Å². The number of nitriles is 1. The highest BCUT2D eigenvalue weighted by Crippen LogP contribution is 2.34. The first-order valence-electron chi connectivity index (χ1n) is 5.76. The molecule has 2 aromatic rings. The highest BCUT2D eigenvalue weighted by atomic mass is 16.5. The van der Waals surface area contributed by atoms with Crippen molar-refractivity contribution in [3.8, 4) is 23.3 Å². The summed E-state index contributed by atoms with van der Waals surface area (Å²) in [6.07, 6.45) is 0. The standard InChI is InChI=1S/C15H14N2O2/c1-10-7-12(17)4-6-13(10)19-14-5-3-11(9-16)8-15(14)18-2/h3-8H,17H2,1-2H3.